The molecule has 1 fully saturated rings. The highest BCUT2D eigenvalue weighted by Gasteiger charge is 2.23. The molecule has 3 rings (SSSR count). The van der Waals surface area contributed by atoms with Gasteiger partial charge in [0.15, 0.2) is 5.82 Å². The van der Waals surface area contributed by atoms with Crippen molar-refractivity contribution in [2.45, 2.75) is 13.3 Å². The molecule has 1 amide bonds. The van der Waals surface area contributed by atoms with Crippen LogP contribution >= 0.6 is 11.6 Å². The summed E-state index contributed by atoms with van der Waals surface area (Å²) in [5, 5.41) is 7.61. The van der Waals surface area contributed by atoms with Crippen molar-refractivity contribution in [3.63, 3.8) is 0 Å². The van der Waals surface area contributed by atoms with E-state index in [-0.39, 0.29) is 5.91 Å². The van der Waals surface area contributed by atoms with Crippen LogP contribution in [-0.2, 0) is 4.79 Å². The highest BCUT2D eigenvalue weighted by Crippen LogP contribution is 2.14. The number of amides is 1. The standard InChI is InChI=1S/C21H26ClN5O/c1-3-5-18-19(4-2)27(17-8-6-16(22)7-9-17)24-21(18)26-14-12-25(13-15-26)20(28)10-11-23/h3-9H,1,10-15,23H2,2H3/b18-5+,19-4+. The van der Waals surface area contributed by atoms with Crippen LogP contribution in [0.3, 0.4) is 0 Å². The second kappa shape index (κ2) is 9.08. The average molecular weight is 400 g/mol. The van der Waals surface area contributed by atoms with Crippen LogP contribution in [-0.4, -0.2) is 53.3 Å². The Balaban J connectivity index is 1.96. The molecule has 1 aromatic heterocycles. The first-order chi connectivity index (χ1) is 13.6. The molecule has 2 aromatic rings. The maximum atomic E-state index is 12.1. The van der Waals surface area contributed by atoms with Gasteiger partial charge in [0.1, 0.15) is 0 Å². The second-order valence-electron chi connectivity index (χ2n) is 6.61. The third kappa shape index (κ3) is 4.13. The quantitative estimate of drug-likeness (QED) is 0.822. The minimum atomic E-state index is 0.120. The Hall–Kier alpha value is -2.57. The lowest BCUT2D eigenvalue weighted by molar-refractivity contribution is -0.131. The van der Waals surface area contributed by atoms with E-state index in [2.05, 4.69) is 11.5 Å². The number of benzene rings is 1. The lowest BCUT2D eigenvalue weighted by atomic mass is 10.2. The molecule has 6 nitrogen and oxygen atoms in total. The van der Waals surface area contributed by atoms with Crippen molar-refractivity contribution in [2.24, 2.45) is 5.73 Å². The zero-order valence-corrected chi connectivity index (χ0v) is 16.9. The largest absolute Gasteiger partial charge is 0.351 e. The van der Waals surface area contributed by atoms with Gasteiger partial charge >= 0.3 is 0 Å². The number of hydrogen-bond donors (Lipinski definition) is 1. The first-order valence-corrected chi connectivity index (χ1v) is 9.83. The maximum Gasteiger partial charge on any atom is 0.223 e. The number of piperazine rings is 1. The van der Waals surface area contributed by atoms with E-state index in [1.807, 2.05) is 52.9 Å². The van der Waals surface area contributed by atoms with Gasteiger partial charge in [-0.3, -0.25) is 4.79 Å². The molecule has 2 heterocycles. The molecule has 0 saturated carbocycles. The van der Waals surface area contributed by atoms with Crippen LogP contribution in [0.1, 0.15) is 13.3 Å². The summed E-state index contributed by atoms with van der Waals surface area (Å²) in [6.45, 7) is 9.05. The van der Waals surface area contributed by atoms with E-state index in [1.165, 1.54) is 0 Å². The van der Waals surface area contributed by atoms with Crippen molar-refractivity contribution in [1.82, 2.24) is 14.7 Å². The number of rotatable bonds is 5. The lowest BCUT2D eigenvalue weighted by Crippen LogP contribution is -2.50. The van der Waals surface area contributed by atoms with E-state index in [1.54, 1.807) is 6.08 Å². The lowest BCUT2D eigenvalue weighted by Gasteiger charge is -2.35. The van der Waals surface area contributed by atoms with Gasteiger partial charge in [-0.1, -0.05) is 30.3 Å². The van der Waals surface area contributed by atoms with Crippen molar-refractivity contribution < 1.29 is 4.79 Å². The second-order valence-corrected chi connectivity index (χ2v) is 7.04. The maximum absolute atomic E-state index is 12.1. The van der Waals surface area contributed by atoms with Gasteiger partial charge in [-0.15, -0.1) is 5.10 Å². The Bertz CT molecular complexity index is 956. The topological polar surface area (TPSA) is 67.4 Å². The van der Waals surface area contributed by atoms with Crippen molar-refractivity contribution in [3.05, 3.63) is 52.5 Å². The van der Waals surface area contributed by atoms with E-state index in [9.17, 15) is 4.79 Å². The van der Waals surface area contributed by atoms with Crippen LogP contribution in [0.2, 0.25) is 5.02 Å². The molecular formula is C21H26ClN5O. The number of nitrogens with zero attached hydrogens (tertiary/aromatic N) is 4. The fraction of sp³-hybridized carbons (Fsp3) is 0.333. The van der Waals surface area contributed by atoms with E-state index < -0.39 is 0 Å². The summed E-state index contributed by atoms with van der Waals surface area (Å²) in [4.78, 5) is 16.2. The first-order valence-electron chi connectivity index (χ1n) is 9.46. The highest BCUT2D eigenvalue weighted by molar-refractivity contribution is 6.30. The molecule has 1 aliphatic rings. The number of aromatic nitrogens is 2. The zero-order chi connectivity index (χ0) is 20.1. The molecule has 0 spiro atoms. The highest BCUT2D eigenvalue weighted by atomic mass is 35.5. The van der Waals surface area contributed by atoms with Gasteiger partial charge < -0.3 is 15.5 Å². The monoisotopic (exact) mass is 399 g/mol. The van der Waals surface area contributed by atoms with Gasteiger partial charge in [-0.25, -0.2) is 4.68 Å². The first kappa shape index (κ1) is 20.2. The zero-order valence-electron chi connectivity index (χ0n) is 16.1. The molecule has 0 unspecified atom stereocenters. The Morgan fingerprint density at radius 3 is 2.50 bits per heavy atom. The van der Waals surface area contributed by atoms with E-state index in [0.717, 1.165) is 35.2 Å². The predicted octanol–water partition coefficient (Wildman–Crippen LogP) is 1.29. The molecule has 0 radical (unpaired) electrons. The van der Waals surface area contributed by atoms with Gasteiger partial charge in [0.2, 0.25) is 5.91 Å². The molecule has 0 atom stereocenters. The Labute approximate surface area is 170 Å². The minimum Gasteiger partial charge on any atom is -0.351 e. The van der Waals surface area contributed by atoms with Crippen LogP contribution < -0.4 is 21.2 Å². The number of carbonyl (C=O) groups excluding carboxylic acids is 1. The summed E-state index contributed by atoms with van der Waals surface area (Å²) in [7, 11) is 0. The molecule has 1 aromatic carbocycles. The molecule has 2 N–H and O–H groups in total. The summed E-state index contributed by atoms with van der Waals surface area (Å²) >= 11 is 6.04. The number of nitrogens with two attached hydrogens (primary N) is 1. The normalized spacial score (nSPS) is 16.0. The minimum absolute atomic E-state index is 0.120. The fourth-order valence-electron chi connectivity index (χ4n) is 3.45. The van der Waals surface area contributed by atoms with Gasteiger partial charge in [-0.2, -0.15) is 0 Å². The van der Waals surface area contributed by atoms with E-state index >= 15 is 0 Å². The van der Waals surface area contributed by atoms with Crippen molar-refractivity contribution in [2.75, 3.05) is 37.6 Å². The summed E-state index contributed by atoms with van der Waals surface area (Å²) in [6.07, 6.45) is 6.20. The Morgan fingerprint density at radius 2 is 1.93 bits per heavy atom. The SMILES string of the molecule is C=C/C=c1/c(N2CCN(C(=O)CCN)CC2)nn(-c2ccc(Cl)cc2)/c1=C/C. The molecule has 7 heteroatoms. The third-order valence-corrected chi connectivity index (χ3v) is 5.11. The van der Waals surface area contributed by atoms with Crippen molar-refractivity contribution in [1.29, 1.82) is 0 Å². The van der Waals surface area contributed by atoms with Crippen LogP contribution in [0.4, 0.5) is 5.82 Å². The van der Waals surface area contributed by atoms with Crippen molar-refractivity contribution in [3.8, 4) is 5.69 Å². The summed E-state index contributed by atoms with van der Waals surface area (Å²) in [6, 6.07) is 7.62. The van der Waals surface area contributed by atoms with Gasteiger partial charge in [0, 0.05) is 49.4 Å². The van der Waals surface area contributed by atoms with Crippen LogP contribution in [0.15, 0.2) is 36.9 Å². The number of carbonyl (C=O) groups is 1. The Kier molecular flexibility index (Phi) is 6.54. The predicted molar refractivity (Wildman–Crippen MR) is 115 cm³/mol. The molecule has 1 aliphatic heterocycles. The molecular weight excluding hydrogens is 374 g/mol. The summed E-state index contributed by atoms with van der Waals surface area (Å²) in [5.41, 5.74) is 6.45. The number of allylic oxidation sites excluding steroid dienone is 1. The van der Waals surface area contributed by atoms with E-state index in [0.29, 0.717) is 31.1 Å². The summed E-state index contributed by atoms with van der Waals surface area (Å²) in [5.74, 6) is 1.02. The number of hydrogen-bond acceptors (Lipinski definition) is 4. The molecule has 1 saturated heterocycles. The third-order valence-electron chi connectivity index (χ3n) is 4.86. The fourth-order valence-corrected chi connectivity index (χ4v) is 3.57. The average Bonchev–Trinajstić information content (AvgIpc) is 3.07. The van der Waals surface area contributed by atoms with Crippen LogP contribution in [0.5, 0.6) is 0 Å². The molecule has 0 aliphatic carbocycles. The van der Waals surface area contributed by atoms with Gasteiger partial charge in [0.05, 0.1) is 11.0 Å². The van der Waals surface area contributed by atoms with Crippen molar-refractivity contribution >= 4 is 35.5 Å². The van der Waals surface area contributed by atoms with Crippen LogP contribution in [0.25, 0.3) is 17.8 Å². The van der Waals surface area contributed by atoms with E-state index in [4.69, 9.17) is 22.4 Å². The van der Waals surface area contributed by atoms with Crippen LogP contribution in [0, 0.1) is 0 Å². The molecule has 0 bridgehead atoms. The number of anilines is 1. The van der Waals surface area contributed by atoms with Gasteiger partial charge in [0.25, 0.3) is 0 Å². The molecule has 148 valence electrons. The smallest absolute Gasteiger partial charge is 0.223 e. The van der Waals surface area contributed by atoms with Gasteiger partial charge in [-0.05, 0) is 37.3 Å². The number of halogens is 1. The summed E-state index contributed by atoms with van der Waals surface area (Å²) < 4.78 is 1.92. The molecule has 28 heavy (non-hydrogen) atoms. The Morgan fingerprint density at radius 1 is 1.25 bits per heavy atom.